The number of alkyl halides is 7. The second-order valence-electron chi connectivity index (χ2n) is 8.44. The molecular weight excluding hydrogens is 537 g/mol. The molecule has 1 aliphatic rings. The maximum Gasteiger partial charge on any atom is 0.573 e. The smallest absolute Gasteiger partial charge is 0.403 e. The molecule has 1 fully saturated rings. The first-order chi connectivity index (χ1) is 17.1. The van der Waals surface area contributed by atoms with Crippen LogP contribution in [0, 0.1) is 5.82 Å². The van der Waals surface area contributed by atoms with Gasteiger partial charge in [0.05, 0.1) is 0 Å². The Balaban J connectivity index is 2.09. The summed E-state index contributed by atoms with van der Waals surface area (Å²) >= 11 is 5.38. The van der Waals surface area contributed by atoms with Crippen molar-refractivity contribution in [1.82, 2.24) is 15.3 Å². The summed E-state index contributed by atoms with van der Waals surface area (Å²) in [4.78, 5) is 34.5. The molecule has 1 aromatic heterocycles. The van der Waals surface area contributed by atoms with Gasteiger partial charge in [0.2, 0.25) is 5.92 Å². The van der Waals surface area contributed by atoms with E-state index in [1.165, 1.54) is 0 Å². The third kappa shape index (κ3) is 6.59. The van der Waals surface area contributed by atoms with E-state index in [2.05, 4.69) is 20.0 Å². The van der Waals surface area contributed by atoms with Crippen molar-refractivity contribution >= 4 is 29.1 Å². The van der Waals surface area contributed by atoms with Crippen LogP contribution in [0.2, 0.25) is 0 Å². The summed E-state index contributed by atoms with van der Waals surface area (Å²) in [5.41, 5.74) is -5.69. The van der Waals surface area contributed by atoms with E-state index in [9.17, 15) is 40.3 Å². The molecule has 3 rings (SSSR count). The number of nitrogens with one attached hydrogen (secondary N) is 1. The molecule has 1 aromatic carbocycles. The fraction of sp³-hybridized carbons (Fsp3) is 0.455. The van der Waals surface area contributed by atoms with E-state index in [0.29, 0.717) is 17.0 Å². The summed E-state index contributed by atoms with van der Waals surface area (Å²) in [6.45, 7) is 1.12. The van der Waals surface area contributed by atoms with Crippen molar-refractivity contribution in [2.75, 3.05) is 4.90 Å². The Kier molecular flexibility index (Phi) is 8.20. The molecule has 37 heavy (non-hydrogen) atoms. The molecule has 2 aromatic rings. The zero-order valence-electron chi connectivity index (χ0n) is 19.0. The molecule has 0 radical (unpaired) electrons. The number of hydrogen-bond acceptors (Lipinski definition) is 5. The summed E-state index contributed by atoms with van der Waals surface area (Å²) in [7, 11) is 0. The molecule has 0 spiro atoms. The SMILES string of the molecule is C[C@@](C(=O)NC1CCC(F)(F)CC1)(c1cncnc1)N(C(=O)[C@H](F)Cl)c1ccc(OC(F)(F)F)c(F)c1. The molecule has 0 bridgehead atoms. The number of nitrogens with zero attached hydrogens (tertiary/aromatic N) is 3. The maximum atomic E-state index is 14.6. The first kappa shape index (κ1) is 28.4. The number of anilines is 1. The minimum absolute atomic E-state index is 0.104. The first-order valence-electron chi connectivity index (χ1n) is 10.8. The van der Waals surface area contributed by atoms with Crippen LogP contribution in [-0.2, 0) is 15.1 Å². The maximum absolute atomic E-state index is 14.6. The fourth-order valence-corrected chi connectivity index (χ4v) is 4.06. The molecule has 2 atom stereocenters. The Morgan fingerprint density at radius 3 is 2.30 bits per heavy atom. The average molecular weight is 557 g/mol. The van der Waals surface area contributed by atoms with E-state index in [4.69, 9.17) is 11.6 Å². The molecule has 2 amide bonds. The number of carbonyl (C=O) groups is 2. The van der Waals surface area contributed by atoms with E-state index >= 15 is 0 Å². The Bertz CT molecular complexity index is 1130. The van der Waals surface area contributed by atoms with Crippen molar-refractivity contribution in [3.05, 3.63) is 48.3 Å². The Morgan fingerprint density at radius 2 is 1.78 bits per heavy atom. The van der Waals surface area contributed by atoms with Gasteiger partial charge in [-0.2, -0.15) is 0 Å². The molecule has 0 unspecified atom stereocenters. The van der Waals surface area contributed by atoms with Crippen LogP contribution in [0.15, 0.2) is 36.9 Å². The Morgan fingerprint density at radius 1 is 1.19 bits per heavy atom. The minimum Gasteiger partial charge on any atom is -0.403 e. The van der Waals surface area contributed by atoms with Crippen LogP contribution in [0.1, 0.15) is 38.2 Å². The van der Waals surface area contributed by atoms with Gasteiger partial charge >= 0.3 is 6.36 Å². The number of ether oxygens (including phenoxy) is 1. The van der Waals surface area contributed by atoms with Gasteiger partial charge < -0.3 is 10.1 Å². The van der Waals surface area contributed by atoms with Gasteiger partial charge in [0.15, 0.2) is 17.1 Å². The van der Waals surface area contributed by atoms with Crippen LogP contribution in [-0.4, -0.2) is 45.7 Å². The minimum atomic E-state index is -5.23. The number of aromatic nitrogens is 2. The van der Waals surface area contributed by atoms with E-state index in [-0.39, 0.29) is 18.4 Å². The fourth-order valence-electron chi connectivity index (χ4n) is 3.96. The van der Waals surface area contributed by atoms with Crippen molar-refractivity contribution in [2.24, 2.45) is 0 Å². The summed E-state index contributed by atoms with van der Waals surface area (Å²) < 4.78 is 97.1. The molecule has 1 saturated carbocycles. The molecule has 202 valence electrons. The van der Waals surface area contributed by atoms with Gasteiger partial charge in [0.1, 0.15) is 6.33 Å². The van der Waals surface area contributed by atoms with Gasteiger partial charge in [-0.15, -0.1) is 13.2 Å². The number of halogens is 8. The number of benzene rings is 1. The molecule has 1 aliphatic carbocycles. The van der Waals surface area contributed by atoms with E-state index in [1.54, 1.807) is 0 Å². The summed E-state index contributed by atoms with van der Waals surface area (Å²) in [5, 5.41) is 2.54. The monoisotopic (exact) mass is 556 g/mol. The second-order valence-corrected chi connectivity index (χ2v) is 8.82. The number of hydrogen-bond donors (Lipinski definition) is 1. The molecule has 15 heteroatoms. The van der Waals surface area contributed by atoms with Gasteiger partial charge in [0, 0.05) is 48.6 Å². The van der Waals surface area contributed by atoms with Crippen LogP contribution >= 0.6 is 11.6 Å². The van der Waals surface area contributed by atoms with Gasteiger partial charge in [-0.1, -0.05) is 11.6 Å². The zero-order chi connectivity index (χ0) is 27.6. The average Bonchev–Trinajstić information content (AvgIpc) is 2.81. The van der Waals surface area contributed by atoms with E-state index < -0.39 is 71.4 Å². The topological polar surface area (TPSA) is 84.4 Å². The lowest BCUT2D eigenvalue weighted by atomic mass is 9.87. The van der Waals surface area contributed by atoms with E-state index in [0.717, 1.165) is 31.7 Å². The lowest BCUT2D eigenvalue weighted by Crippen LogP contribution is -2.60. The van der Waals surface area contributed by atoms with Gasteiger partial charge in [0.25, 0.3) is 17.4 Å². The first-order valence-corrected chi connectivity index (χ1v) is 11.2. The predicted molar refractivity (Wildman–Crippen MR) is 116 cm³/mol. The molecular formula is C22H20ClF7N4O3. The van der Waals surface area contributed by atoms with Crippen LogP contribution < -0.4 is 15.0 Å². The second kappa shape index (κ2) is 10.7. The highest BCUT2D eigenvalue weighted by molar-refractivity contribution is 6.32. The van der Waals surface area contributed by atoms with Crippen molar-refractivity contribution in [2.45, 2.75) is 62.1 Å². The zero-order valence-corrected chi connectivity index (χ0v) is 19.8. The molecule has 0 aliphatic heterocycles. The number of amides is 2. The summed E-state index contributed by atoms with van der Waals surface area (Å²) in [6.07, 6.45) is -3.18. The quantitative estimate of drug-likeness (QED) is 0.384. The normalized spacial score (nSPS) is 18.4. The van der Waals surface area contributed by atoms with Crippen LogP contribution in [0.4, 0.5) is 36.4 Å². The lowest BCUT2D eigenvalue weighted by molar-refractivity contribution is -0.275. The lowest BCUT2D eigenvalue weighted by Gasteiger charge is -2.41. The van der Waals surface area contributed by atoms with Crippen LogP contribution in [0.3, 0.4) is 0 Å². The largest absolute Gasteiger partial charge is 0.573 e. The summed E-state index contributed by atoms with van der Waals surface area (Å²) in [5.74, 6) is -8.30. The standard InChI is InChI=1S/C22H20ClF7N4O3/c1-20(12-9-31-11-32-10-12,19(36)33-13-4-6-21(26,27)7-5-13)34(18(35)17(23)25)14-2-3-16(15(24)8-14)37-22(28,29)30/h2-3,8-11,13,17H,4-7H2,1H3,(H,33,36)/t17-,20-/m0/s1. The Hall–Kier alpha value is -3.16. The highest BCUT2D eigenvalue weighted by atomic mass is 35.5. The van der Waals surface area contributed by atoms with Crippen LogP contribution in [0.25, 0.3) is 0 Å². The van der Waals surface area contributed by atoms with E-state index in [1.807, 2.05) is 0 Å². The number of rotatable bonds is 7. The highest BCUT2D eigenvalue weighted by Gasteiger charge is 2.48. The van der Waals surface area contributed by atoms with Crippen molar-refractivity contribution in [1.29, 1.82) is 0 Å². The molecule has 1 heterocycles. The van der Waals surface area contributed by atoms with Crippen molar-refractivity contribution in [3.63, 3.8) is 0 Å². The van der Waals surface area contributed by atoms with Gasteiger partial charge in [-0.25, -0.2) is 27.5 Å². The van der Waals surface area contributed by atoms with Gasteiger partial charge in [-0.05, 0) is 31.9 Å². The third-order valence-corrected chi connectivity index (χ3v) is 6.06. The molecule has 0 saturated heterocycles. The van der Waals surface area contributed by atoms with Crippen molar-refractivity contribution < 1.29 is 45.1 Å². The highest BCUT2D eigenvalue weighted by Crippen LogP contribution is 2.38. The third-order valence-electron chi connectivity index (χ3n) is 5.87. The molecule has 7 nitrogen and oxygen atoms in total. The Labute approximate surface area is 211 Å². The van der Waals surface area contributed by atoms with Crippen LogP contribution in [0.5, 0.6) is 5.75 Å². The predicted octanol–water partition coefficient (Wildman–Crippen LogP) is 4.99. The number of carbonyl (C=O) groups excluding carboxylic acids is 2. The summed E-state index contributed by atoms with van der Waals surface area (Å²) in [6, 6.07) is 1.000. The molecule has 1 N–H and O–H groups in total. The van der Waals surface area contributed by atoms with Gasteiger partial charge in [-0.3, -0.25) is 14.5 Å². The van der Waals surface area contributed by atoms with Crippen molar-refractivity contribution in [3.8, 4) is 5.75 Å².